The van der Waals surface area contributed by atoms with Gasteiger partial charge in [-0.25, -0.2) is 4.79 Å². The van der Waals surface area contributed by atoms with Crippen molar-refractivity contribution in [3.8, 4) is 11.5 Å². The SMILES string of the molecule is COc1ccc(/C=C/C(=O)O[C@@H](C)C(=O)NCc2ccc(OC)cc2)cc1. The van der Waals surface area contributed by atoms with Crippen LogP contribution in [0.2, 0.25) is 0 Å². The van der Waals surface area contributed by atoms with Gasteiger partial charge in [0.1, 0.15) is 11.5 Å². The number of esters is 1. The van der Waals surface area contributed by atoms with Gasteiger partial charge in [-0.15, -0.1) is 0 Å². The fraction of sp³-hybridized carbons (Fsp3) is 0.238. The molecule has 2 rings (SSSR count). The average molecular weight is 369 g/mol. The van der Waals surface area contributed by atoms with Crippen LogP contribution in [-0.2, 0) is 20.9 Å². The molecule has 0 unspecified atom stereocenters. The molecule has 1 amide bonds. The number of amides is 1. The number of benzene rings is 2. The van der Waals surface area contributed by atoms with E-state index in [0.29, 0.717) is 6.54 Å². The molecule has 2 aromatic carbocycles. The molecule has 0 aliphatic rings. The number of nitrogens with one attached hydrogen (secondary N) is 1. The Kier molecular flexibility index (Phi) is 7.43. The molecule has 0 bridgehead atoms. The number of hydrogen-bond donors (Lipinski definition) is 1. The first-order valence-corrected chi connectivity index (χ1v) is 8.45. The summed E-state index contributed by atoms with van der Waals surface area (Å²) in [5, 5.41) is 2.73. The number of rotatable bonds is 8. The Morgan fingerprint density at radius 1 is 0.963 bits per heavy atom. The van der Waals surface area contributed by atoms with E-state index in [1.165, 1.54) is 13.0 Å². The third kappa shape index (κ3) is 6.51. The Morgan fingerprint density at radius 2 is 1.52 bits per heavy atom. The molecule has 1 atom stereocenters. The van der Waals surface area contributed by atoms with E-state index in [9.17, 15) is 9.59 Å². The Hall–Kier alpha value is -3.28. The van der Waals surface area contributed by atoms with Crippen LogP contribution in [0.1, 0.15) is 18.1 Å². The molecule has 0 heterocycles. The standard InChI is InChI=1S/C21H23NO5/c1-15(21(24)22-14-17-6-11-19(26-3)12-7-17)27-20(23)13-8-16-4-9-18(25-2)10-5-16/h4-13,15H,14H2,1-3H3,(H,22,24)/b13-8+/t15-/m0/s1. The molecule has 0 aliphatic heterocycles. The van der Waals surface area contributed by atoms with Crippen molar-refractivity contribution in [1.82, 2.24) is 5.32 Å². The highest BCUT2D eigenvalue weighted by Gasteiger charge is 2.16. The van der Waals surface area contributed by atoms with E-state index in [-0.39, 0.29) is 5.91 Å². The molecular weight excluding hydrogens is 346 g/mol. The molecule has 0 radical (unpaired) electrons. The second-order valence-corrected chi connectivity index (χ2v) is 5.75. The lowest BCUT2D eigenvalue weighted by Gasteiger charge is -2.12. The molecule has 0 saturated carbocycles. The van der Waals surface area contributed by atoms with Crippen LogP contribution < -0.4 is 14.8 Å². The molecule has 0 aromatic heterocycles. The van der Waals surface area contributed by atoms with Crippen LogP contribution in [0.3, 0.4) is 0 Å². The van der Waals surface area contributed by atoms with Crippen molar-refractivity contribution in [3.05, 3.63) is 65.7 Å². The first-order chi connectivity index (χ1) is 13.0. The summed E-state index contributed by atoms with van der Waals surface area (Å²) in [5.41, 5.74) is 1.74. The van der Waals surface area contributed by atoms with E-state index in [0.717, 1.165) is 22.6 Å². The van der Waals surface area contributed by atoms with Crippen LogP contribution in [0.5, 0.6) is 11.5 Å². The second-order valence-electron chi connectivity index (χ2n) is 5.75. The second kappa shape index (κ2) is 10.0. The predicted octanol–water partition coefficient (Wildman–Crippen LogP) is 2.97. The Bertz CT molecular complexity index is 781. The molecule has 6 nitrogen and oxygen atoms in total. The minimum atomic E-state index is -0.892. The van der Waals surface area contributed by atoms with E-state index in [2.05, 4.69) is 5.32 Å². The summed E-state index contributed by atoms with van der Waals surface area (Å²) >= 11 is 0. The fourth-order valence-electron chi connectivity index (χ4n) is 2.22. The Morgan fingerprint density at radius 3 is 2.07 bits per heavy atom. The fourth-order valence-corrected chi connectivity index (χ4v) is 2.22. The topological polar surface area (TPSA) is 73.9 Å². The third-order valence-corrected chi connectivity index (χ3v) is 3.82. The average Bonchev–Trinajstić information content (AvgIpc) is 2.71. The van der Waals surface area contributed by atoms with Crippen molar-refractivity contribution in [1.29, 1.82) is 0 Å². The lowest BCUT2D eigenvalue weighted by atomic mass is 10.2. The van der Waals surface area contributed by atoms with Gasteiger partial charge in [0.25, 0.3) is 5.91 Å². The zero-order valence-electron chi connectivity index (χ0n) is 15.6. The maximum Gasteiger partial charge on any atom is 0.331 e. The maximum absolute atomic E-state index is 12.1. The zero-order valence-corrected chi connectivity index (χ0v) is 15.6. The van der Waals surface area contributed by atoms with Gasteiger partial charge in [0.15, 0.2) is 6.10 Å². The van der Waals surface area contributed by atoms with Crippen LogP contribution in [-0.4, -0.2) is 32.2 Å². The summed E-state index contributed by atoms with van der Waals surface area (Å²) < 4.78 is 15.3. The highest BCUT2D eigenvalue weighted by molar-refractivity contribution is 5.90. The van der Waals surface area contributed by atoms with Crippen LogP contribution in [0.4, 0.5) is 0 Å². The summed E-state index contributed by atoms with van der Waals surface area (Å²) in [7, 11) is 3.18. The van der Waals surface area contributed by atoms with E-state index in [4.69, 9.17) is 14.2 Å². The van der Waals surface area contributed by atoms with Gasteiger partial charge in [0.2, 0.25) is 0 Å². The molecule has 142 valence electrons. The summed E-state index contributed by atoms with van der Waals surface area (Å²) in [6.45, 7) is 1.87. The largest absolute Gasteiger partial charge is 0.497 e. The molecule has 1 N–H and O–H groups in total. The van der Waals surface area contributed by atoms with E-state index < -0.39 is 12.1 Å². The number of carbonyl (C=O) groups is 2. The summed E-state index contributed by atoms with van der Waals surface area (Å²) in [6, 6.07) is 14.5. The minimum absolute atomic E-state index is 0.340. The van der Waals surface area contributed by atoms with Gasteiger partial charge < -0.3 is 19.5 Å². The molecule has 0 aliphatic carbocycles. The van der Waals surface area contributed by atoms with Crippen LogP contribution in [0.25, 0.3) is 6.08 Å². The van der Waals surface area contributed by atoms with Crippen molar-refractivity contribution in [3.63, 3.8) is 0 Å². The van der Waals surface area contributed by atoms with Gasteiger partial charge in [-0.3, -0.25) is 4.79 Å². The van der Waals surface area contributed by atoms with Crippen molar-refractivity contribution in [2.24, 2.45) is 0 Å². The van der Waals surface area contributed by atoms with E-state index in [1.54, 1.807) is 32.4 Å². The third-order valence-electron chi connectivity index (χ3n) is 3.82. The normalized spacial score (nSPS) is 11.7. The zero-order chi connectivity index (χ0) is 19.6. The van der Waals surface area contributed by atoms with Crippen LogP contribution in [0, 0.1) is 0 Å². The number of carbonyl (C=O) groups excluding carboxylic acids is 2. The summed E-state index contributed by atoms with van der Waals surface area (Å²) in [6.07, 6.45) is 2.01. The first-order valence-electron chi connectivity index (χ1n) is 8.45. The molecule has 0 fully saturated rings. The summed E-state index contributed by atoms with van der Waals surface area (Å²) in [4.78, 5) is 23.9. The predicted molar refractivity (Wildman–Crippen MR) is 102 cm³/mol. The molecule has 2 aromatic rings. The molecule has 6 heteroatoms. The smallest absolute Gasteiger partial charge is 0.331 e. The van der Waals surface area contributed by atoms with Crippen LogP contribution in [0.15, 0.2) is 54.6 Å². The van der Waals surface area contributed by atoms with Gasteiger partial charge >= 0.3 is 5.97 Å². The summed E-state index contributed by atoms with van der Waals surface area (Å²) in [5.74, 6) is 0.530. The van der Waals surface area contributed by atoms with Gasteiger partial charge in [-0.2, -0.15) is 0 Å². The van der Waals surface area contributed by atoms with Gasteiger partial charge in [0, 0.05) is 12.6 Å². The molecule has 0 spiro atoms. The lowest BCUT2D eigenvalue weighted by molar-refractivity contribution is -0.150. The number of ether oxygens (including phenoxy) is 3. The Labute approximate surface area is 158 Å². The van der Waals surface area contributed by atoms with Crippen molar-refractivity contribution in [2.45, 2.75) is 19.6 Å². The quantitative estimate of drug-likeness (QED) is 0.572. The van der Waals surface area contributed by atoms with Crippen LogP contribution >= 0.6 is 0 Å². The maximum atomic E-state index is 12.1. The van der Waals surface area contributed by atoms with Crippen molar-refractivity contribution in [2.75, 3.05) is 14.2 Å². The highest BCUT2D eigenvalue weighted by atomic mass is 16.5. The highest BCUT2D eigenvalue weighted by Crippen LogP contribution is 2.13. The van der Waals surface area contributed by atoms with Gasteiger partial charge in [-0.05, 0) is 48.4 Å². The minimum Gasteiger partial charge on any atom is -0.497 e. The number of hydrogen-bond acceptors (Lipinski definition) is 5. The monoisotopic (exact) mass is 369 g/mol. The molecule has 0 saturated heterocycles. The van der Waals surface area contributed by atoms with E-state index >= 15 is 0 Å². The van der Waals surface area contributed by atoms with Gasteiger partial charge in [-0.1, -0.05) is 24.3 Å². The number of methoxy groups -OCH3 is 2. The van der Waals surface area contributed by atoms with Crippen molar-refractivity contribution >= 4 is 18.0 Å². The lowest BCUT2D eigenvalue weighted by Crippen LogP contribution is -2.35. The molecule has 27 heavy (non-hydrogen) atoms. The first kappa shape index (κ1) is 20.0. The van der Waals surface area contributed by atoms with E-state index in [1.807, 2.05) is 36.4 Å². The molecular formula is C21H23NO5. The van der Waals surface area contributed by atoms with Gasteiger partial charge in [0.05, 0.1) is 14.2 Å². The Balaban J connectivity index is 1.79. The van der Waals surface area contributed by atoms with Crippen molar-refractivity contribution < 1.29 is 23.8 Å².